The lowest BCUT2D eigenvalue weighted by atomic mass is 10.1. The average molecular weight is 235 g/mol. The number of nitrogens with two attached hydrogens (primary N) is 1. The first-order chi connectivity index (χ1) is 8.22. The predicted octanol–water partition coefficient (Wildman–Crippen LogP) is 1.65. The number of hydrogen-bond donors (Lipinski definition) is 1. The molecule has 1 aliphatic rings. The van der Waals surface area contributed by atoms with Crippen LogP contribution in [0.15, 0.2) is 18.3 Å². The van der Waals surface area contributed by atoms with Gasteiger partial charge in [-0.15, -0.1) is 0 Å². The molecule has 0 aliphatic carbocycles. The van der Waals surface area contributed by atoms with Gasteiger partial charge < -0.3 is 15.4 Å². The molecule has 4 nitrogen and oxygen atoms in total. The number of nitrogens with zero attached hydrogens (tertiary/aromatic N) is 2. The van der Waals surface area contributed by atoms with Crippen molar-refractivity contribution in [3.8, 4) is 5.75 Å². The zero-order valence-corrected chi connectivity index (χ0v) is 10.6. The summed E-state index contributed by atoms with van der Waals surface area (Å²) in [6.45, 7) is 6.83. The maximum atomic E-state index is 6.05. The van der Waals surface area contributed by atoms with Crippen LogP contribution in [0.4, 0.5) is 5.82 Å². The van der Waals surface area contributed by atoms with Gasteiger partial charge in [0.05, 0.1) is 6.61 Å². The normalized spacial score (nSPS) is 24.1. The Hall–Kier alpha value is -1.29. The van der Waals surface area contributed by atoms with E-state index in [4.69, 9.17) is 10.5 Å². The van der Waals surface area contributed by atoms with Crippen molar-refractivity contribution in [1.29, 1.82) is 0 Å². The molecule has 0 radical (unpaired) electrons. The second-order valence-corrected chi connectivity index (χ2v) is 4.72. The molecule has 4 heteroatoms. The Kier molecular flexibility index (Phi) is 3.84. The highest BCUT2D eigenvalue weighted by molar-refractivity contribution is 5.53. The van der Waals surface area contributed by atoms with E-state index >= 15 is 0 Å². The molecule has 0 spiro atoms. The van der Waals surface area contributed by atoms with Gasteiger partial charge in [0.2, 0.25) is 0 Å². The minimum atomic E-state index is 0.232. The van der Waals surface area contributed by atoms with Crippen molar-refractivity contribution < 1.29 is 4.74 Å². The SMILES string of the molecule is CCCOc1cccnc1N1CC(C)C(N)C1. The van der Waals surface area contributed by atoms with Crippen LogP contribution in [0.25, 0.3) is 0 Å². The average Bonchev–Trinajstić information content (AvgIpc) is 2.67. The smallest absolute Gasteiger partial charge is 0.171 e. The molecule has 94 valence electrons. The van der Waals surface area contributed by atoms with Crippen molar-refractivity contribution in [3.05, 3.63) is 18.3 Å². The Morgan fingerprint density at radius 1 is 1.53 bits per heavy atom. The van der Waals surface area contributed by atoms with Crippen molar-refractivity contribution in [2.75, 3.05) is 24.6 Å². The number of anilines is 1. The third-order valence-electron chi connectivity index (χ3n) is 3.18. The van der Waals surface area contributed by atoms with Crippen molar-refractivity contribution in [2.24, 2.45) is 11.7 Å². The number of aromatic nitrogens is 1. The van der Waals surface area contributed by atoms with Crippen molar-refractivity contribution >= 4 is 5.82 Å². The molecule has 2 rings (SSSR count). The Morgan fingerprint density at radius 3 is 3.00 bits per heavy atom. The predicted molar refractivity (Wildman–Crippen MR) is 69.4 cm³/mol. The van der Waals surface area contributed by atoms with Gasteiger partial charge in [0, 0.05) is 25.3 Å². The largest absolute Gasteiger partial charge is 0.490 e. The van der Waals surface area contributed by atoms with E-state index in [2.05, 4.69) is 23.7 Å². The quantitative estimate of drug-likeness (QED) is 0.862. The molecule has 2 heterocycles. The number of rotatable bonds is 4. The molecule has 0 saturated carbocycles. The highest BCUT2D eigenvalue weighted by Crippen LogP contribution is 2.29. The van der Waals surface area contributed by atoms with E-state index < -0.39 is 0 Å². The third kappa shape index (κ3) is 2.69. The molecule has 1 aromatic heterocycles. The van der Waals surface area contributed by atoms with Crippen LogP contribution in [0.1, 0.15) is 20.3 Å². The molecule has 1 aromatic rings. The highest BCUT2D eigenvalue weighted by Gasteiger charge is 2.28. The van der Waals surface area contributed by atoms with Gasteiger partial charge >= 0.3 is 0 Å². The maximum absolute atomic E-state index is 6.05. The van der Waals surface area contributed by atoms with Crippen LogP contribution >= 0.6 is 0 Å². The van der Waals surface area contributed by atoms with E-state index in [0.717, 1.165) is 37.7 Å². The van der Waals surface area contributed by atoms with E-state index in [1.807, 2.05) is 18.3 Å². The lowest BCUT2D eigenvalue weighted by Gasteiger charge is -2.20. The summed E-state index contributed by atoms with van der Waals surface area (Å²) in [5.74, 6) is 2.31. The lowest BCUT2D eigenvalue weighted by molar-refractivity contribution is 0.316. The molecule has 2 unspecified atom stereocenters. The van der Waals surface area contributed by atoms with E-state index in [1.165, 1.54) is 0 Å². The van der Waals surface area contributed by atoms with Gasteiger partial charge in [-0.2, -0.15) is 0 Å². The van der Waals surface area contributed by atoms with E-state index in [-0.39, 0.29) is 6.04 Å². The molecule has 0 amide bonds. The topological polar surface area (TPSA) is 51.4 Å². The first kappa shape index (κ1) is 12.2. The van der Waals surface area contributed by atoms with Gasteiger partial charge in [-0.05, 0) is 24.5 Å². The lowest BCUT2D eigenvalue weighted by Crippen LogP contribution is -2.28. The Bertz CT molecular complexity index is 359. The minimum absolute atomic E-state index is 0.232. The summed E-state index contributed by atoms with van der Waals surface area (Å²) in [5, 5.41) is 0. The summed E-state index contributed by atoms with van der Waals surface area (Å²) in [4.78, 5) is 6.65. The molecule has 1 saturated heterocycles. The molecular weight excluding hydrogens is 214 g/mol. The van der Waals surface area contributed by atoms with Crippen molar-refractivity contribution in [1.82, 2.24) is 4.98 Å². The van der Waals surface area contributed by atoms with E-state index in [9.17, 15) is 0 Å². The summed E-state index contributed by atoms with van der Waals surface area (Å²) in [6.07, 6.45) is 2.81. The number of ether oxygens (including phenoxy) is 1. The van der Waals surface area contributed by atoms with Gasteiger partial charge in [-0.25, -0.2) is 4.98 Å². The second kappa shape index (κ2) is 5.36. The fourth-order valence-electron chi connectivity index (χ4n) is 2.11. The summed E-state index contributed by atoms with van der Waals surface area (Å²) in [7, 11) is 0. The highest BCUT2D eigenvalue weighted by atomic mass is 16.5. The fraction of sp³-hybridized carbons (Fsp3) is 0.615. The summed E-state index contributed by atoms with van der Waals surface area (Å²) < 4.78 is 5.72. The fourth-order valence-corrected chi connectivity index (χ4v) is 2.11. The molecular formula is C13H21N3O. The third-order valence-corrected chi connectivity index (χ3v) is 3.18. The van der Waals surface area contributed by atoms with Gasteiger partial charge in [0.1, 0.15) is 0 Å². The van der Waals surface area contributed by atoms with Crippen molar-refractivity contribution in [2.45, 2.75) is 26.3 Å². The maximum Gasteiger partial charge on any atom is 0.171 e. The summed E-state index contributed by atoms with van der Waals surface area (Å²) in [5.41, 5.74) is 6.05. The molecule has 2 atom stereocenters. The minimum Gasteiger partial charge on any atom is -0.490 e. The zero-order valence-electron chi connectivity index (χ0n) is 10.6. The Labute approximate surface area is 103 Å². The standard InChI is InChI=1S/C13H21N3O/c1-3-7-17-12-5-4-6-15-13(12)16-8-10(2)11(14)9-16/h4-6,10-11H,3,7-9,14H2,1-2H3. The monoisotopic (exact) mass is 235 g/mol. The van der Waals surface area contributed by atoms with Crippen LogP contribution in [0.3, 0.4) is 0 Å². The van der Waals surface area contributed by atoms with Gasteiger partial charge in [-0.3, -0.25) is 0 Å². The molecule has 0 aromatic carbocycles. The molecule has 0 bridgehead atoms. The van der Waals surface area contributed by atoms with Crippen LogP contribution in [-0.2, 0) is 0 Å². The van der Waals surface area contributed by atoms with Crippen LogP contribution in [0.2, 0.25) is 0 Å². The second-order valence-electron chi connectivity index (χ2n) is 4.72. The number of hydrogen-bond acceptors (Lipinski definition) is 4. The first-order valence-electron chi connectivity index (χ1n) is 6.30. The van der Waals surface area contributed by atoms with Crippen LogP contribution in [-0.4, -0.2) is 30.7 Å². The summed E-state index contributed by atoms with van der Waals surface area (Å²) in [6, 6.07) is 4.12. The van der Waals surface area contributed by atoms with Gasteiger partial charge in [-0.1, -0.05) is 13.8 Å². The van der Waals surface area contributed by atoms with Crippen LogP contribution in [0, 0.1) is 5.92 Å². The van der Waals surface area contributed by atoms with Crippen LogP contribution in [0.5, 0.6) is 5.75 Å². The van der Waals surface area contributed by atoms with Gasteiger partial charge in [0.25, 0.3) is 0 Å². The molecule has 2 N–H and O–H groups in total. The molecule has 1 fully saturated rings. The number of pyridine rings is 1. The first-order valence-corrected chi connectivity index (χ1v) is 6.30. The molecule has 17 heavy (non-hydrogen) atoms. The Balaban J connectivity index is 2.14. The van der Waals surface area contributed by atoms with Crippen molar-refractivity contribution in [3.63, 3.8) is 0 Å². The molecule has 1 aliphatic heterocycles. The van der Waals surface area contributed by atoms with Gasteiger partial charge in [0.15, 0.2) is 11.6 Å². The summed E-state index contributed by atoms with van der Waals surface area (Å²) >= 11 is 0. The van der Waals surface area contributed by atoms with E-state index in [1.54, 1.807) is 0 Å². The zero-order chi connectivity index (χ0) is 12.3. The van der Waals surface area contributed by atoms with E-state index in [0.29, 0.717) is 5.92 Å². The van der Waals surface area contributed by atoms with Crippen LogP contribution < -0.4 is 15.4 Å². The Morgan fingerprint density at radius 2 is 2.35 bits per heavy atom.